The lowest BCUT2D eigenvalue weighted by atomic mass is 10.3. The summed E-state index contributed by atoms with van der Waals surface area (Å²) in [6.45, 7) is 6.58. The van der Waals surface area contributed by atoms with E-state index >= 15 is 0 Å². The maximum atomic E-state index is 13.2. The van der Waals surface area contributed by atoms with Gasteiger partial charge < -0.3 is 4.90 Å². The Balaban J connectivity index is 1.89. The van der Waals surface area contributed by atoms with Gasteiger partial charge in [0, 0.05) is 51.7 Å². The van der Waals surface area contributed by atoms with Crippen LogP contribution < -0.4 is 4.90 Å². The third-order valence-electron chi connectivity index (χ3n) is 4.78. The highest BCUT2D eigenvalue weighted by Gasteiger charge is 2.31. The van der Waals surface area contributed by atoms with Crippen molar-refractivity contribution in [3.8, 4) is 0 Å². The minimum Gasteiger partial charge on any atom is -0.312 e. The number of piperazine rings is 1. The maximum absolute atomic E-state index is 13.2. The number of anilines is 2. The molecule has 0 saturated carbocycles. The van der Waals surface area contributed by atoms with Crippen LogP contribution in [0.4, 0.5) is 11.6 Å². The first kappa shape index (κ1) is 20.0. The summed E-state index contributed by atoms with van der Waals surface area (Å²) >= 11 is 6.52. The fourth-order valence-corrected chi connectivity index (χ4v) is 5.18. The predicted molar refractivity (Wildman–Crippen MR) is 107 cm³/mol. The van der Waals surface area contributed by atoms with Gasteiger partial charge in [-0.1, -0.05) is 17.7 Å². The van der Waals surface area contributed by atoms with Crippen molar-refractivity contribution in [1.29, 1.82) is 0 Å². The zero-order chi connectivity index (χ0) is 19.6. The van der Waals surface area contributed by atoms with E-state index in [-0.39, 0.29) is 9.92 Å². The highest BCUT2D eigenvalue weighted by atomic mass is 35.5. The van der Waals surface area contributed by atoms with Crippen molar-refractivity contribution in [2.75, 3.05) is 38.1 Å². The number of sulfonamides is 1. The molecular formula is C18H24ClN5O2S. The van der Waals surface area contributed by atoms with Crippen molar-refractivity contribution < 1.29 is 8.42 Å². The van der Waals surface area contributed by atoms with Crippen LogP contribution in [0, 0.1) is 0 Å². The molecule has 0 amide bonds. The van der Waals surface area contributed by atoms with E-state index in [0.29, 0.717) is 43.9 Å². The molecule has 1 aromatic heterocycles. The second kappa shape index (κ2) is 8.10. The van der Waals surface area contributed by atoms with Crippen LogP contribution in [-0.4, -0.2) is 66.9 Å². The van der Waals surface area contributed by atoms with Crippen LogP contribution in [0.2, 0.25) is 5.02 Å². The standard InChI is InChI=1S/C18H24ClN5O2S/c1-14(2)23-10-12-24(13-11-23)27(25,26)16-7-4-6-15(17(16)19)22(3)18-20-8-5-9-21-18/h4-9,14H,10-13H2,1-3H3. The van der Waals surface area contributed by atoms with Crippen LogP contribution in [0.1, 0.15) is 13.8 Å². The molecular weight excluding hydrogens is 386 g/mol. The number of hydrogen-bond donors (Lipinski definition) is 0. The monoisotopic (exact) mass is 409 g/mol. The first-order valence-corrected chi connectivity index (χ1v) is 10.7. The first-order chi connectivity index (χ1) is 12.8. The fraction of sp³-hybridized carbons (Fsp3) is 0.444. The lowest BCUT2D eigenvalue weighted by Gasteiger charge is -2.36. The number of rotatable bonds is 5. The summed E-state index contributed by atoms with van der Waals surface area (Å²) in [6, 6.07) is 7.12. The molecule has 27 heavy (non-hydrogen) atoms. The summed E-state index contributed by atoms with van der Waals surface area (Å²) in [5, 5.41) is 0.179. The molecule has 1 fully saturated rings. The Bertz CT molecular complexity index is 884. The molecule has 2 aromatic rings. The van der Waals surface area contributed by atoms with Gasteiger partial charge in [0.25, 0.3) is 0 Å². The normalized spacial score (nSPS) is 16.6. The lowest BCUT2D eigenvalue weighted by molar-refractivity contribution is 0.154. The zero-order valence-corrected chi connectivity index (χ0v) is 17.3. The van der Waals surface area contributed by atoms with Gasteiger partial charge in [-0.05, 0) is 32.0 Å². The van der Waals surface area contributed by atoms with Crippen molar-refractivity contribution in [2.24, 2.45) is 0 Å². The number of halogens is 1. The zero-order valence-electron chi connectivity index (χ0n) is 15.7. The minimum absolute atomic E-state index is 0.113. The Morgan fingerprint density at radius 3 is 2.30 bits per heavy atom. The predicted octanol–water partition coefficient (Wildman–Crippen LogP) is 2.61. The summed E-state index contributed by atoms with van der Waals surface area (Å²) in [5.74, 6) is 0.444. The maximum Gasteiger partial charge on any atom is 0.244 e. The molecule has 1 aromatic carbocycles. The summed E-state index contributed by atoms with van der Waals surface area (Å²) in [6.07, 6.45) is 3.25. The highest BCUT2D eigenvalue weighted by molar-refractivity contribution is 7.89. The van der Waals surface area contributed by atoms with Crippen LogP contribution >= 0.6 is 11.6 Å². The van der Waals surface area contributed by atoms with Crippen LogP contribution in [0.5, 0.6) is 0 Å². The number of nitrogens with zero attached hydrogens (tertiary/aromatic N) is 5. The molecule has 1 saturated heterocycles. The topological polar surface area (TPSA) is 69.6 Å². The van der Waals surface area contributed by atoms with E-state index < -0.39 is 10.0 Å². The summed E-state index contributed by atoms with van der Waals surface area (Å²) in [4.78, 5) is 12.4. The van der Waals surface area contributed by atoms with Gasteiger partial charge in [0.05, 0.1) is 10.7 Å². The van der Waals surface area contributed by atoms with Gasteiger partial charge in [-0.25, -0.2) is 18.4 Å². The second-order valence-electron chi connectivity index (χ2n) is 6.73. The van der Waals surface area contributed by atoms with Gasteiger partial charge >= 0.3 is 0 Å². The van der Waals surface area contributed by atoms with E-state index in [2.05, 4.69) is 28.7 Å². The van der Waals surface area contributed by atoms with E-state index in [9.17, 15) is 8.42 Å². The fourth-order valence-electron chi connectivity index (χ4n) is 3.13. The van der Waals surface area contributed by atoms with Crippen LogP contribution in [-0.2, 0) is 10.0 Å². The quantitative estimate of drug-likeness (QED) is 0.756. The Morgan fingerprint density at radius 1 is 1.07 bits per heavy atom. The Labute approximate surface area is 165 Å². The molecule has 2 heterocycles. The molecule has 0 radical (unpaired) electrons. The Kier molecular flexibility index (Phi) is 6.00. The summed E-state index contributed by atoms with van der Waals surface area (Å²) in [5.41, 5.74) is 0.546. The first-order valence-electron chi connectivity index (χ1n) is 8.86. The van der Waals surface area contributed by atoms with E-state index in [1.165, 1.54) is 4.31 Å². The Morgan fingerprint density at radius 2 is 1.70 bits per heavy atom. The van der Waals surface area contributed by atoms with Crippen LogP contribution in [0.3, 0.4) is 0 Å². The molecule has 0 spiro atoms. The van der Waals surface area contributed by atoms with Gasteiger partial charge in [-0.15, -0.1) is 0 Å². The van der Waals surface area contributed by atoms with Gasteiger partial charge in [0.15, 0.2) is 0 Å². The van der Waals surface area contributed by atoms with Crippen molar-refractivity contribution in [3.63, 3.8) is 0 Å². The second-order valence-corrected chi connectivity index (χ2v) is 9.02. The molecule has 7 nitrogen and oxygen atoms in total. The third-order valence-corrected chi connectivity index (χ3v) is 7.23. The summed E-state index contributed by atoms with van der Waals surface area (Å²) < 4.78 is 27.8. The molecule has 0 atom stereocenters. The lowest BCUT2D eigenvalue weighted by Crippen LogP contribution is -2.50. The summed E-state index contributed by atoms with van der Waals surface area (Å²) in [7, 11) is -1.91. The van der Waals surface area contributed by atoms with Crippen LogP contribution in [0.15, 0.2) is 41.6 Å². The van der Waals surface area contributed by atoms with Crippen LogP contribution in [0.25, 0.3) is 0 Å². The van der Waals surface area contributed by atoms with E-state index in [1.807, 2.05) is 0 Å². The number of benzene rings is 1. The van der Waals surface area contributed by atoms with Gasteiger partial charge in [0.2, 0.25) is 16.0 Å². The molecule has 0 N–H and O–H groups in total. The number of aromatic nitrogens is 2. The van der Waals surface area contributed by atoms with Gasteiger partial charge in [0.1, 0.15) is 4.90 Å². The van der Waals surface area contributed by atoms with E-state index in [1.54, 1.807) is 48.6 Å². The van der Waals surface area contributed by atoms with E-state index in [0.717, 1.165) is 0 Å². The van der Waals surface area contributed by atoms with Crippen molar-refractivity contribution >= 4 is 33.3 Å². The SMILES string of the molecule is CC(C)N1CCN(S(=O)(=O)c2cccc(N(C)c3ncccn3)c2Cl)CC1. The van der Waals surface area contributed by atoms with Crippen molar-refractivity contribution in [3.05, 3.63) is 41.7 Å². The van der Waals surface area contributed by atoms with Gasteiger partial charge in [-0.3, -0.25) is 4.90 Å². The average molecular weight is 410 g/mol. The van der Waals surface area contributed by atoms with Crippen molar-refractivity contribution in [1.82, 2.24) is 19.2 Å². The molecule has 9 heteroatoms. The largest absolute Gasteiger partial charge is 0.312 e. The number of hydrogen-bond acceptors (Lipinski definition) is 6. The van der Waals surface area contributed by atoms with E-state index in [4.69, 9.17) is 11.6 Å². The molecule has 146 valence electrons. The highest BCUT2D eigenvalue weighted by Crippen LogP contribution is 2.35. The Hall–Kier alpha value is -1.74. The van der Waals surface area contributed by atoms with Crippen molar-refractivity contribution in [2.45, 2.75) is 24.8 Å². The molecule has 3 rings (SSSR count). The van der Waals surface area contributed by atoms with Gasteiger partial charge in [-0.2, -0.15) is 4.31 Å². The molecule has 1 aliphatic rings. The minimum atomic E-state index is -3.67. The average Bonchev–Trinajstić information content (AvgIpc) is 2.68. The third kappa shape index (κ3) is 4.08. The molecule has 0 aliphatic carbocycles. The molecule has 0 bridgehead atoms. The molecule has 1 aliphatic heterocycles. The molecule has 0 unspecified atom stereocenters. The smallest absolute Gasteiger partial charge is 0.244 e.